The van der Waals surface area contributed by atoms with Crippen LogP contribution in [0.2, 0.25) is 5.02 Å². The smallest absolute Gasteiger partial charge is 0.129 e. The molecule has 1 aliphatic carbocycles. The second-order valence-electron chi connectivity index (χ2n) is 6.31. The molecule has 112 valence electrons. The lowest BCUT2D eigenvalue weighted by Gasteiger charge is -2.35. The first-order valence-corrected chi connectivity index (χ1v) is 8.41. The predicted molar refractivity (Wildman–Crippen MR) is 86.6 cm³/mol. The molecule has 1 aliphatic rings. The van der Waals surface area contributed by atoms with E-state index in [0.29, 0.717) is 21.0 Å². The Morgan fingerprint density at radius 1 is 1.50 bits per heavy atom. The molecular formula is C16H22BrClFN. The number of rotatable bonds is 4. The van der Waals surface area contributed by atoms with Crippen LogP contribution in [0.15, 0.2) is 16.6 Å². The second-order valence-corrected chi connectivity index (χ2v) is 7.57. The van der Waals surface area contributed by atoms with Gasteiger partial charge in [-0.3, -0.25) is 0 Å². The summed E-state index contributed by atoms with van der Waals surface area (Å²) < 4.78 is 15.0. The summed E-state index contributed by atoms with van der Waals surface area (Å²) in [6.45, 7) is 7.46. The zero-order valence-electron chi connectivity index (χ0n) is 12.3. The van der Waals surface area contributed by atoms with Crippen molar-refractivity contribution in [3.05, 3.63) is 33.0 Å². The predicted octanol–water partition coefficient (Wildman–Crippen LogP) is 5.72. The third-order valence-corrected chi connectivity index (χ3v) is 5.74. The van der Waals surface area contributed by atoms with Gasteiger partial charge in [0.2, 0.25) is 0 Å². The van der Waals surface area contributed by atoms with Gasteiger partial charge in [-0.15, -0.1) is 0 Å². The molecule has 20 heavy (non-hydrogen) atoms. The molecule has 1 N–H and O–H groups in total. The highest BCUT2D eigenvalue weighted by atomic mass is 79.9. The minimum absolute atomic E-state index is 0.0306. The van der Waals surface area contributed by atoms with E-state index in [1.54, 1.807) is 6.07 Å². The summed E-state index contributed by atoms with van der Waals surface area (Å²) in [6.07, 6.45) is 3.55. The third kappa shape index (κ3) is 3.20. The SMILES string of the molecule is CCNC(c1cc(Cl)c(Br)cc1F)C1CCCC1(C)C. The highest BCUT2D eigenvalue weighted by Gasteiger charge is 2.40. The molecule has 1 aromatic carbocycles. The van der Waals surface area contributed by atoms with Gasteiger partial charge >= 0.3 is 0 Å². The van der Waals surface area contributed by atoms with Crippen LogP contribution in [0.1, 0.15) is 51.6 Å². The van der Waals surface area contributed by atoms with E-state index in [4.69, 9.17) is 11.6 Å². The summed E-state index contributed by atoms with van der Waals surface area (Å²) in [5.41, 5.74) is 0.929. The molecular weight excluding hydrogens is 341 g/mol. The lowest BCUT2D eigenvalue weighted by molar-refractivity contribution is 0.196. The van der Waals surface area contributed by atoms with E-state index >= 15 is 0 Å². The van der Waals surface area contributed by atoms with E-state index < -0.39 is 0 Å². The zero-order chi connectivity index (χ0) is 14.9. The van der Waals surface area contributed by atoms with Crippen LogP contribution in [0.3, 0.4) is 0 Å². The van der Waals surface area contributed by atoms with Crippen LogP contribution in [0.4, 0.5) is 4.39 Å². The lowest BCUT2D eigenvalue weighted by Crippen LogP contribution is -2.34. The first-order valence-electron chi connectivity index (χ1n) is 7.24. The van der Waals surface area contributed by atoms with Crippen LogP contribution in [0, 0.1) is 17.2 Å². The normalized spacial score (nSPS) is 23.0. The van der Waals surface area contributed by atoms with Gasteiger partial charge in [-0.1, -0.05) is 38.8 Å². The van der Waals surface area contributed by atoms with Gasteiger partial charge < -0.3 is 5.32 Å². The average Bonchev–Trinajstić information content (AvgIpc) is 2.71. The highest BCUT2D eigenvalue weighted by Crippen LogP contribution is 2.49. The number of halogens is 3. The summed E-state index contributed by atoms with van der Waals surface area (Å²) in [7, 11) is 0. The molecule has 2 atom stereocenters. The van der Waals surface area contributed by atoms with Crippen molar-refractivity contribution in [3.63, 3.8) is 0 Å². The second kappa shape index (κ2) is 6.33. The van der Waals surface area contributed by atoms with Crippen molar-refractivity contribution in [3.8, 4) is 0 Å². The Hall–Kier alpha value is -0.120. The van der Waals surface area contributed by atoms with Crippen LogP contribution in [0.5, 0.6) is 0 Å². The Morgan fingerprint density at radius 3 is 2.75 bits per heavy atom. The molecule has 1 nitrogen and oxygen atoms in total. The zero-order valence-corrected chi connectivity index (χ0v) is 14.6. The maximum absolute atomic E-state index is 14.4. The molecule has 1 aromatic rings. The third-order valence-electron chi connectivity index (χ3n) is 4.54. The van der Waals surface area contributed by atoms with E-state index in [-0.39, 0.29) is 17.3 Å². The fourth-order valence-electron chi connectivity index (χ4n) is 3.44. The summed E-state index contributed by atoms with van der Waals surface area (Å²) >= 11 is 9.45. The Bertz CT molecular complexity index is 490. The Labute approximate surface area is 134 Å². The van der Waals surface area contributed by atoms with Crippen molar-refractivity contribution in [1.82, 2.24) is 5.32 Å². The maximum Gasteiger partial charge on any atom is 0.129 e. The first-order chi connectivity index (χ1) is 9.36. The summed E-state index contributed by atoms with van der Waals surface area (Å²) in [4.78, 5) is 0. The number of nitrogens with one attached hydrogen (secondary N) is 1. The summed E-state index contributed by atoms with van der Waals surface area (Å²) in [5, 5.41) is 4.04. The van der Waals surface area contributed by atoms with Crippen LogP contribution in [-0.2, 0) is 0 Å². The molecule has 0 heterocycles. The molecule has 0 saturated heterocycles. The van der Waals surface area contributed by atoms with Gasteiger partial charge in [0.05, 0.1) is 5.02 Å². The minimum atomic E-state index is -0.185. The molecule has 2 rings (SSSR count). The molecule has 1 saturated carbocycles. The topological polar surface area (TPSA) is 12.0 Å². The van der Waals surface area contributed by atoms with E-state index in [0.717, 1.165) is 13.0 Å². The maximum atomic E-state index is 14.4. The molecule has 0 amide bonds. The van der Waals surface area contributed by atoms with Gasteiger partial charge in [0.1, 0.15) is 5.82 Å². The molecule has 1 fully saturated rings. The van der Waals surface area contributed by atoms with Gasteiger partial charge in [0.25, 0.3) is 0 Å². The Kier molecular flexibility index (Phi) is 5.14. The largest absolute Gasteiger partial charge is 0.310 e. The average molecular weight is 363 g/mol. The van der Waals surface area contributed by atoms with Gasteiger partial charge in [0, 0.05) is 16.1 Å². The van der Waals surface area contributed by atoms with E-state index in [1.807, 2.05) is 0 Å². The summed E-state index contributed by atoms with van der Waals surface area (Å²) in [6, 6.07) is 3.27. The van der Waals surface area contributed by atoms with Crippen molar-refractivity contribution >= 4 is 27.5 Å². The molecule has 0 aliphatic heterocycles. The fourth-order valence-corrected chi connectivity index (χ4v) is 3.92. The monoisotopic (exact) mass is 361 g/mol. The Morgan fingerprint density at radius 2 is 2.20 bits per heavy atom. The van der Waals surface area contributed by atoms with Crippen molar-refractivity contribution in [2.24, 2.45) is 11.3 Å². The van der Waals surface area contributed by atoms with Crippen LogP contribution in [0.25, 0.3) is 0 Å². The molecule has 0 spiro atoms. The number of benzene rings is 1. The molecule has 0 bridgehead atoms. The molecule has 4 heteroatoms. The van der Waals surface area contributed by atoms with Crippen molar-refractivity contribution in [2.75, 3.05) is 6.54 Å². The highest BCUT2D eigenvalue weighted by molar-refractivity contribution is 9.10. The molecule has 0 radical (unpaired) electrons. The first kappa shape index (κ1) is 16.3. The van der Waals surface area contributed by atoms with E-state index in [1.165, 1.54) is 18.9 Å². The number of hydrogen-bond donors (Lipinski definition) is 1. The van der Waals surface area contributed by atoms with Crippen LogP contribution >= 0.6 is 27.5 Å². The molecule has 2 unspecified atom stereocenters. The van der Waals surface area contributed by atoms with Crippen molar-refractivity contribution in [1.29, 1.82) is 0 Å². The minimum Gasteiger partial charge on any atom is -0.310 e. The van der Waals surface area contributed by atoms with Crippen molar-refractivity contribution < 1.29 is 4.39 Å². The van der Waals surface area contributed by atoms with Gasteiger partial charge in [-0.05, 0) is 58.8 Å². The number of hydrogen-bond acceptors (Lipinski definition) is 1. The van der Waals surface area contributed by atoms with Crippen LogP contribution < -0.4 is 5.32 Å². The van der Waals surface area contributed by atoms with E-state index in [9.17, 15) is 4.39 Å². The van der Waals surface area contributed by atoms with Gasteiger partial charge in [0.15, 0.2) is 0 Å². The summed E-state index contributed by atoms with van der Waals surface area (Å²) in [5.74, 6) is 0.254. The van der Waals surface area contributed by atoms with E-state index in [2.05, 4.69) is 42.0 Å². The van der Waals surface area contributed by atoms with Gasteiger partial charge in [-0.25, -0.2) is 4.39 Å². The lowest BCUT2D eigenvalue weighted by atomic mass is 9.75. The standard InChI is InChI=1S/C16H22BrClFN/c1-4-20-15(11-6-5-7-16(11,2)3)10-8-13(18)12(17)9-14(10)19/h8-9,11,15,20H,4-7H2,1-3H3. The quantitative estimate of drug-likeness (QED) is 0.676. The van der Waals surface area contributed by atoms with Crippen molar-refractivity contribution in [2.45, 2.75) is 46.1 Å². The Balaban J connectivity index is 2.41. The fraction of sp³-hybridized carbons (Fsp3) is 0.625. The van der Waals surface area contributed by atoms with Gasteiger partial charge in [-0.2, -0.15) is 0 Å². The van der Waals surface area contributed by atoms with Crippen LogP contribution in [-0.4, -0.2) is 6.54 Å². The molecule has 0 aromatic heterocycles.